The van der Waals surface area contributed by atoms with E-state index in [0.29, 0.717) is 139 Å². The number of benzene rings is 9. The SMILES string of the molecule is CC(=N)CCC(O)c1ccc(COCC[18F])cc1.CC(=N)CCCc1cccc(OCC[18F])c1.CC(C)C(O)c1cccc(OCC[18F])c1.CC(N)=NCc1ccc(CCC[18F])c(Cl)c1.CC(N)=NCc1ccc(OCC[18F])cc1.CC(N)=NCc1ccc2c(ccn2CC[18F])c1.CC(N)=NCc1cccc(OCC[18F])c1.CCC(C)CCC(O)c1ccc(CO)c(CO)c1.CCCCC(C)C(O)c1ccc(CO)c(CO)c1. The summed E-state index contributed by atoms with van der Waals surface area (Å²) in [6.07, 6.45) is 11.0. The number of aliphatic hydroxyl groups is 8. The minimum absolute atomic E-state index is 0.0568. The molecule has 1 aromatic heterocycles. The minimum Gasteiger partial charge on any atom is -0.491 e. The number of rotatable bonds is 53. The molecule has 0 fully saturated rings. The van der Waals surface area contributed by atoms with Crippen molar-refractivity contribution in [1.82, 2.24) is 4.57 Å². The lowest BCUT2D eigenvalue weighted by Gasteiger charge is -2.20. The summed E-state index contributed by atoms with van der Waals surface area (Å²) in [6.45, 7) is 23.0. The number of aliphatic imine (C=N–C) groups is 4. The molecule has 24 nitrogen and oxygen atoms in total. The Bertz CT molecular complexity index is 5380. The second-order valence-corrected chi connectivity index (χ2v) is 36.2. The van der Waals surface area contributed by atoms with Gasteiger partial charge in [-0.25, -0.2) is 26.3 Å². The third-order valence-corrected chi connectivity index (χ3v) is 22.9. The van der Waals surface area contributed by atoms with Crippen molar-refractivity contribution in [2.75, 3.05) is 79.8 Å². The van der Waals surface area contributed by atoms with Crippen molar-refractivity contribution >= 4 is 57.3 Å². The molecule has 0 spiro atoms. The fourth-order valence-corrected chi connectivity index (χ4v) is 14.2. The fourth-order valence-electron chi connectivity index (χ4n) is 13.9. The maximum Gasteiger partial charge on any atom is 0.123 e. The van der Waals surface area contributed by atoms with Gasteiger partial charge in [-0.2, -0.15) is 0 Å². The van der Waals surface area contributed by atoms with Gasteiger partial charge in [0.2, 0.25) is 0 Å². The summed E-state index contributed by atoms with van der Waals surface area (Å²) in [5.74, 6) is 5.88. The van der Waals surface area contributed by atoms with E-state index in [1.807, 2.05) is 172 Å². The number of aliphatic hydroxyl groups excluding tert-OH is 8. The average Bonchev–Trinajstić information content (AvgIpc) is 1.68. The average molecular weight is 2080 g/mol. The topological polar surface area (TPSA) is 414 Å². The molecule has 0 bridgehead atoms. The smallest absolute Gasteiger partial charge is 0.123 e. The van der Waals surface area contributed by atoms with Gasteiger partial charge < -0.3 is 103 Å². The van der Waals surface area contributed by atoms with Gasteiger partial charge in [-0.05, 0) is 285 Å². The van der Waals surface area contributed by atoms with E-state index in [1.54, 1.807) is 95.3 Å². The number of nitrogens with zero attached hydrogens (tertiary/aromatic N) is 5. The first-order valence-electron chi connectivity index (χ1n) is 50.4. The van der Waals surface area contributed by atoms with Crippen LogP contribution in [0.3, 0.4) is 0 Å². The number of aromatic nitrogens is 1. The standard InChI is InChI=1S/2C15H24O3.C14H20FNO2.C13H16FN3.C13H18FNO.C12H16ClFN2.C12H17FO2.2C11H15FN2O/c1-3-11(2)4-7-15(18)12-5-6-13(9-16)14(8-12)10-17;1-3-4-5-11(2)15(18)12-6-7-13(9-16)14(8-12)10-17;1-11(16)2-7-14(17)13-5-3-12(4-6-13)10-18-9-8-15;1-10(15)16-9-11-2-3-13-12(8-11)4-6-17(13)7-5-14;1-11(15)4-2-5-12-6-3-7-13(10-12)16-9-8-14;1-9(15)16-8-10-4-5-11(3-2-6-14)12(13)7-10;1-9(2)12(14)10-4-3-5-11(8-10)15-7-6-13;1-9(13)14-8-10-2-4-11(5-3-10)15-7-6-12;1-9(13)14-8-10-3-2-4-11(7-10)15-6-5-12/h5-6,8,11,15-18H,3-4,7,9-10H2,1-2H3;6-8,11,15-18H,3-5,9-10H2,1-2H3;3-6,14,16-17H,2,7-10H2,1H3;2-4,6,8H,5,7,9H2,1H3,(H2,15,16);3,6-7,10,15H,2,4-5,8-9H2,1H3;4-5,7H,2-3,6,8H2,1H3,(H2,15,16);3-5,8-9,12,14H,6-7H2,1-2H3;2-5H,6-8H2,1H3,(H2,13,14);2-4,7H,5-6,8H2,1H3,(H2,13,14)/i;;15-1;3*14-1;13-1;2*12-1. The van der Waals surface area contributed by atoms with Crippen LogP contribution in [0.15, 0.2) is 226 Å². The van der Waals surface area contributed by atoms with Gasteiger partial charge in [0, 0.05) is 28.2 Å². The van der Waals surface area contributed by atoms with Crippen LogP contribution in [0, 0.1) is 28.6 Å². The number of unbranched alkanes of at least 4 members (excludes halogenated alkanes) is 1. The molecule has 0 saturated heterocycles. The number of ether oxygens (including phenoxy) is 5. The van der Waals surface area contributed by atoms with Crippen LogP contribution in [0.4, 0.5) is 30.7 Å². The highest BCUT2D eigenvalue weighted by atomic mass is 35.5. The van der Waals surface area contributed by atoms with E-state index in [-0.39, 0.29) is 84.6 Å². The molecule has 818 valence electrons. The Labute approximate surface area is 878 Å². The molecule has 18 N–H and O–H groups in total. The van der Waals surface area contributed by atoms with Crippen LogP contribution in [0.2, 0.25) is 5.02 Å². The number of hydrogen-bond donors (Lipinski definition) is 14. The van der Waals surface area contributed by atoms with Gasteiger partial charge in [-0.1, -0.05) is 200 Å². The molecule has 0 aliphatic carbocycles. The number of nitrogens with one attached hydrogen (secondary N) is 2. The summed E-state index contributed by atoms with van der Waals surface area (Å²) in [5, 5.41) is 93.2. The monoisotopic (exact) mass is 2080 g/mol. The Morgan fingerprint density at radius 2 is 0.824 bits per heavy atom. The quantitative estimate of drug-likeness (QED) is 0.00729. The molecule has 10 rings (SSSR count). The molecular weight excluding hydrogens is 1920 g/mol. The molecule has 0 saturated carbocycles. The lowest BCUT2D eigenvalue weighted by molar-refractivity contribution is 0.106. The van der Waals surface area contributed by atoms with E-state index in [4.69, 9.17) is 79.3 Å². The van der Waals surface area contributed by atoms with Crippen molar-refractivity contribution in [3.05, 3.63) is 295 Å². The molecular formula is C116H165ClF7N11O13. The molecule has 0 radical (unpaired) electrons. The van der Waals surface area contributed by atoms with E-state index in [9.17, 15) is 61.4 Å². The summed E-state index contributed by atoms with van der Waals surface area (Å²) in [7, 11) is 0. The largest absolute Gasteiger partial charge is 0.491 e. The van der Waals surface area contributed by atoms with E-state index in [2.05, 4.69) is 46.8 Å². The molecule has 6 atom stereocenters. The lowest BCUT2D eigenvalue weighted by Crippen LogP contribution is -2.10. The fraction of sp³-hybridized carbons (Fsp3) is 0.466. The van der Waals surface area contributed by atoms with Crippen molar-refractivity contribution in [2.24, 2.45) is 60.7 Å². The Kier molecular flexibility index (Phi) is 71.9. The van der Waals surface area contributed by atoms with Crippen LogP contribution in [0.5, 0.6) is 23.0 Å². The maximum atomic E-state index is 12.3. The highest BCUT2D eigenvalue weighted by Crippen LogP contribution is 2.31. The Balaban J connectivity index is 0.000000563. The number of aryl methyl sites for hydroxylation is 3. The first-order chi connectivity index (χ1) is 71.0. The number of amidine groups is 4. The van der Waals surface area contributed by atoms with Gasteiger partial charge >= 0.3 is 0 Å². The predicted octanol–water partition coefficient (Wildman–Crippen LogP) is 23.6. The van der Waals surface area contributed by atoms with Crippen LogP contribution in [-0.4, -0.2) is 160 Å². The predicted molar refractivity (Wildman–Crippen MR) is 589 cm³/mol. The van der Waals surface area contributed by atoms with Crippen LogP contribution < -0.4 is 41.9 Å². The Morgan fingerprint density at radius 3 is 1.31 bits per heavy atom. The maximum absolute atomic E-state index is 12.3. The van der Waals surface area contributed by atoms with Crippen molar-refractivity contribution < 1.29 is 95.3 Å². The van der Waals surface area contributed by atoms with Gasteiger partial charge in [0.05, 0.1) is 127 Å². The van der Waals surface area contributed by atoms with E-state index in [0.717, 1.165) is 141 Å². The molecule has 0 amide bonds. The third-order valence-electron chi connectivity index (χ3n) is 22.6. The van der Waals surface area contributed by atoms with Crippen molar-refractivity contribution in [3.8, 4) is 23.0 Å². The summed E-state index contributed by atoms with van der Waals surface area (Å²) in [4.78, 5) is 16.4. The zero-order valence-corrected chi connectivity index (χ0v) is 89.4. The van der Waals surface area contributed by atoms with Gasteiger partial charge in [0.1, 0.15) is 89.5 Å². The second kappa shape index (κ2) is 80.4. The molecule has 0 aliphatic heterocycles. The van der Waals surface area contributed by atoms with Crippen LogP contribution >= 0.6 is 11.6 Å². The first kappa shape index (κ1) is 132. The van der Waals surface area contributed by atoms with Gasteiger partial charge in [-0.15, -0.1) is 0 Å². The van der Waals surface area contributed by atoms with Gasteiger partial charge in [-0.3, -0.25) is 24.4 Å². The van der Waals surface area contributed by atoms with Crippen LogP contribution in [0.25, 0.3) is 10.9 Å². The van der Waals surface area contributed by atoms with Gasteiger partial charge in [0.25, 0.3) is 0 Å². The van der Waals surface area contributed by atoms with E-state index < -0.39 is 57.8 Å². The van der Waals surface area contributed by atoms with Crippen molar-refractivity contribution in [1.29, 1.82) is 10.8 Å². The molecule has 10 aromatic rings. The zero-order chi connectivity index (χ0) is 110. The van der Waals surface area contributed by atoms with E-state index in [1.165, 1.54) is 5.56 Å². The molecule has 0 aliphatic rings. The highest BCUT2D eigenvalue weighted by Gasteiger charge is 2.19. The lowest BCUT2D eigenvalue weighted by atomic mass is 9.91. The summed E-state index contributed by atoms with van der Waals surface area (Å²) in [5.41, 5.74) is 37.5. The molecule has 9 aromatic carbocycles. The molecule has 148 heavy (non-hydrogen) atoms. The van der Waals surface area contributed by atoms with Crippen LogP contribution in [-0.2, 0) is 83.3 Å². The highest BCUT2D eigenvalue weighted by molar-refractivity contribution is 6.31. The van der Waals surface area contributed by atoms with Gasteiger partial charge in [0.15, 0.2) is 0 Å². The van der Waals surface area contributed by atoms with Crippen molar-refractivity contribution in [2.45, 2.75) is 257 Å². The molecule has 1 heterocycles. The minimum atomic E-state index is -0.536. The summed E-state index contributed by atoms with van der Waals surface area (Å²) in [6, 6.07) is 61.7. The number of fused-ring (bicyclic) bond motifs is 1. The van der Waals surface area contributed by atoms with Crippen molar-refractivity contribution in [3.63, 3.8) is 0 Å². The first-order valence-corrected chi connectivity index (χ1v) is 50.8. The zero-order valence-electron chi connectivity index (χ0n) is 88.6. The molecule has 32 heteroatoms. The normalized spacial score (nSPS) is 12.4. The Morgan fingerprint density at radius 1 is 0.385 bits per heavy atom. The number of alkyl halides is 7. The number of hydrogen-bond acceptors (Lipinski definition) is 19. The second-order valence-electron chi connectivity index (χ2n) is 35.8. The number of nitrogens with two attached hydrogens (primary N) is 4. The summed E-state index contributed by atoms with van der Waals surface area (Å²) >= 11 is 6.08. The Hall–Kier alpha value is -11.6. The summed E-state index contributed by atoms with van der Waals surface area (Å²) < 4.78 is 111. The number of halogens is 8. The molecule has 6 unspecified atom stereocenters. The third kappa shape index (κ3) is 58.9. The van der Waals surface area contributed by atoms with Crippen LogP contribution in [0.1, 0.15) is 262 Å². The van der Waals surface area contributed by atoms with E-state index >= 15 is 0 Å².